The summed E-state index contributed by atoms with van der Waals surface area (Å²) in [5, 5.41) is 5.37. The summed E-state index contributed by atoms with van der Waals surface area (Å²) in [6.45, 7) is 1.95. The van der Waals surface area contributed by atoms with Gasteiger partial charge in [-0.3, -0.25) is 0 Å². The monoisotopic (exact) mass is 197 g/mol. The molecule has 0 fully saturated rings. The number of thiophene rings is 1. The highest BCUT2D eigenvalue weighted by atomic mass is 32.1. The van der Waals surface area contributed by atoms with Crippen molar-refractivity contribution in [1.82, 2.24) is 5.32 Å². The summed E-state index contributed by atoms with van der Waals surface area (Å²) in [4.78, 5) is 1.42. The van der Waals surface area contributed by atoms with E-state index in [4.69, 9.17) is 4.74 Å². The summed E-state index contributed by atoms with van der Waals surface area (Å²) in [5.74, 6) is 1.77. The van der Waals surface area contributed by atoms with Gasteiger partial charge in [0, 0.05) is 12.5 Å². The molecule has 0 saturated carbocycles. The highest BCUT2D eigenvalue weighted by Crippen LogP contribution is 2.36. The zero-order valence-electron chi connectivity index (χ0n) is 7.88. The first-order chi connectivity index (χ1) is 6.42. The molecule has 0 aliphatic carbocycles. The van der Waals surface area contributed by atoms with Gasteiger partial charge in [-0.25, -0.2) is 0 Å². The van der Waals surface area contributed by atoms with Gasteiger partial charge < -0.3 is 10.1 Å². The topological polar surface area (TPSA) is 21.3 Å². The van der Waals surface area contributed by atoms with Crippen LogP contribution in [0.25, 0.3) is 0 Å². The Kier molecular flexibility index (Phi) is 2.86. The molecule has 2 heterocycles. The molecule has 0 saturated heterocycles. The molecular formula is C10H15NOS. The number of rotatable bonds is 2. The lowest BCUT2D eigenvalue weighted by molar-refractivity contribution is 0.316. The molecule has 13 heavy (non-hydrogen) atoms. The zero-order valence-corrected chi connectivity index (χ0v) is 8.69. The van der Waals surface area contributed by atoms with Crippen LogP contribution in [0.4, 0.5) is 0 Å². The van der Waals surface area contributed by atoms with E-state index in [1.54, 1.807) is 0 Å². The number of likely N-dealkylation sites (N-methyl/N-ethyl adjacent to an activating group) is 1. The van der Waals surface area contributed by atoms with Crippen molar-refractivity contribution in [2.75, 3.05) is 20.2 Å². The van der Waals surface area contributed by atoms with E-state index in [0.717, 1.165) is 18.9 Å². The predicted octanol–water partition coefficient (Wildman–Crippen LogP) is 2.22. The normalized spacial score (nSPS) is 21.8. The molecule has 1 atom stereocenters. The number of ether oxygens (including phenoxy) is 1. The number of fused-ring (bicyclic) bond motifs is 1. The lowest BCUT2D eigenvalue weighted by Gasteiger charge is -2.11. The first kappa shape index (κ1) is 9.03. The second-order valence-electron chi connectivity index (χ2n) is 3.39. The van der Waals surface area contributed by atoms with Gasteiger partial charge in [0.1, 0.15) is 5.75 Å². The molecule has 0 radical (unpaired) electrons. The fraction of sp³-hybridized carbons (Fsp3) is 0.600. The van der Waals surface area contributed by atoms with Crippen LogP contribution in [-0.2, 0) is 0 Å². The summed E-state index contributed by atoms with van der Waals surface area (Å²) in [5.41, 5.74) is 0. The third-order valence-electron chi connectivity index (χ3n) is 2.43. The highest BCUT2D eigenvalue weighted by molar-refractivity contribution is 7.10. The Hall–Kier alpha value is -0.540. The first-order valence-electron chi connectivity index (χ1n) is 4.76. The van der Waals surface area contributed by atoms with Crippen LogP contribution in [0.1, 0.15) is 23.6 Å². The van der Waals surface area contributed by atoms with Crippen LogP contribution in [0.2, 0.25) is 0 Å². The van der Waals surface area contributed by atoms with Crippen LogP contribution in [-0.4, -0.2) is 20.2 Å². The molecule has 0 aromatic carbocycles. The fourth-order valence-corrected chi connectivity index (χ4v) is 2.79. The molecule has 3 heteroatoms. The van der Waals surface area contributed by atoms with E-state index < -0.39 is 0 Å². The minimum atomic E-state index is 0.655. The molecule has 0 spiro atoms. The Bertz CT molecular complexity index is 272. The van der Waals surface area contributed by atoms with E-state index in [1.807, 2.05) is 18.4 Å². The van der Waals surface area contributed by atoms with E-state index in [-0.39, 0.29) is 0 Å². The van der Waals surface area contributed by atoms with Crippen LogP contribution in [0.3, 0.4) is 0 Å². The van der Waals surface area contributed by atoms with Crippen LogP contribution in [0.15, 0.2) is 11.4 Å². The Morgan fingerprint density at radius 2 is 2.62 bits per heavy atom. The van der Waals surface area contributed by atoms with Gasteiger partial charge in [0.05, 0.1) is 11.5 Å². The van der Waals surface area contributed by atoms with E-state index >= 15 is 0 Å². The molecular weight excluding hydrogens is 182 g/mol. The Morgan fingerprint density at radius 1 is 1.69 bits per heavy atom. The van der Waals surface area contributed by atoms with Crippen molar-refractivity contribution >= 4 is 11.3 Å². The molecule has 1 N–H and O–H groups in total. The Balaban J connectivity index is 2.20. The molecule has 72 valence electrons. The second kappa shape index (κ2) is 4.11. The molecule has 0 amide bonds. The van der Waals surface area contributed by atoms with Crippen LogP contribution < -0.4 is 10.1 Å². The maximum atomic E-state index is 5.65. The maximum Gasteiger partial charge on any atom is 0.133 e. The van der Waals surface area contributed by atoms with Crippen LogP contribution >= 0.6 is 11.3 Å². The van der Waals surface area contributed by atoms with Gasteiger partial charge >= 0.3 is 0 Å². The SMILES string of the molecule is CNCC1CCCOc2ccsc21. The predicted molar refractivity (Wildman–Crippen MR) is 55.7 cm³/mol. The van der Waals surface area contributed by atoms with E-state index in [0.29, 0.717) is 5.92 Å². The molecule has 2 rings (SSSR count). The van der Waals surface area contributed by atoms with E-state index in [1.165, 1.54) is 17.7 Å². The fourth-order valence-electron chi connectivity index (χ4n) is 1.81. The average Bonchev–Trinajstić information content (AvgIpc) is 2.52. The van der Waals surface area contributed by atoms with Gasteiger partial charge in [0.25, 0.3) is 0 Å². The number of hydrogen-bond acceptors (Lipinski definition) is 3. The van der Waals surface area contributed by atoms with Gasteiger partial charge in [-0.15, -0.1) is 11.3 Å². The Morgan fingerprint density at radius 3 is 3.46 bits per heavy atom. The molecule has 1 aromatic rings. The summed E-state index contributed by atoms with van der Waals surface area (Å²) < 4.78 is 5.65. The lowest BCUT2D eigenvalue weighted by atomic mass is 10.0. The van der Waals surface area contributed by atoms with Crippen molar-refractivity contribution in [2.45, 2.75) is 18.8 Å². The second-order valence-corrected chi connectivity index (χ2v) is 4.34. The molecule has 0 bridgehead atoms. The highest BCUT2D eigenvalue weighted by Gasteiger charge is 2.19. The van der Waals surface area contributed by atoms with E-state index in [2.05, 4.69) is 16.8 Å². The van der Waals surface area contributed by atoms with Gasteiger partial charge in [-0.2, -0.15) is 0 Å². The van der Waals surface area contributed by atoms with Crippen LogP contribution in [0, 0.1) is 0 Å². The van der Waals surface area contributed by atoms with E-state index in [9.17, 15) is 0 Å². The summed E-state index contributed by atoms with van der Waals surface area (Å²) in [7, 11) is 2.01. The zero-order chi connectivity index (χ0) is 9.10. The van der Waals surface area contributed by atoms with Crippen molar-refractivity contribution in [3.05, 3.63) is 16.3 Å². The summed E-state index contributed by atoms with van der Waals surface area (Å²) in [6.07, 6.45) is 2.42. The standard InChI is InChI=1S/C10H15NOS/c1-11-7-8-3-2-5-12-9-4-6-13-10(8)9/h4,6,8,11H,2-3,5,7H2,1H3. The smallest absolute Gasteiger partial charge is 0.133 e. The third kappa shape index (κ3) is 1.86. The van der Waals surface area contributed by atoms with Crippen LogP contribution in [0.5, 0.6) is 5.75 Å². The third-order valence-corrected chi connectivity index (χ3v) is 3.49. The van der Waals surface area contributed by atoms with Crippen molar-refractivity contribution in [3.8, 4) is 5.75 Å². The van der Waals surface area contributed by atoms with Crippen molar-refractivity contribution < 1.29 is 4.74 Å². The van der Waals surface area contributed by atoms with Crippen molar-refractivity contribution in [1.29, 1.82) is 0 Å². The summed E-state index contributed by atoms with van der Waals surface area (Å²) in [6, 6.07) is 2.09. The first-order valence-corrected chi connectivity index (χ1v) is 5.64. The van der Waals surface area contributed by atoms with Crippen molar-refractivity contribution in [2.24, 2.45) is 0 Å². The van der Waals surface area contributed by atoms with Crippen molar-refractivity contribution in [3.63, 3.8) is 0 Å². The number of hydrogen-bond donors (Lipinski definition) is 1. The average molecular weight is 197 g/mol. The number of nitrogens with one attached hydrogen (secondary N) is 1. The minimum Gasteiger partial charge on any atom is -0.492 e. The Labute approximate surface area is 82.9 Å². The molecule has 1 unspecified atom stereocenters. The molecule has 1 aliphatic heterocycles. The van der Waals surface area contributed by atoms with Gasteiger partial charge in [0.2, 0.25) is 0 Å². The minimum absolute atomic E-state index is 0.655. The maximum absolute atomic E-state index is 5.65. The molecule has 1 aliphatic rings. The summed E-state index contributed by atoms with van der Waals surface area (Å²) >= 11 is 1.82. The molecule has 1 aromatic heterocycles. The molecule has 2 nitrogen and oxygen atoms in total. The van der Waals surface area contributed by atoms with Gasteiger partial charge in [-0.1, -0.05) is 0 Å². The van der Waals surface area contributed by atoms with Gasteiger partial charge in [0.15, 0.2) is 0 Å². The quantitative estimate of drug-likeness (QED) is 0.785. The lowest BCUT2D eigenvalue weighted by Crippen LogP contribution is -2.16. The van der Waals surface area contributed by atoms with Gasteiger partial charge in [-0.05, 0) is 31.3 Å². The largest absolute Gasteiger partial charge is 0.492 e.